The van der Waals surface area contributed by atoms with Crippen molar-refractivity contribution in [3.63, 3.8) is 0 Å². The van der Waals surface area contributed by atoms with E-state index < -0.39 is 0 Å². The van der Waals surface area contributed by atoms with Crippen molar-refractivity contribution < 1.29 is 5.21 Å². The molecule has 2 rings (SSSR count). The molecule has 2 fully saturated rings. The summed E-state index contributed by atoms with van der Waals surface area (Å²) in [5.74, 6) is 1.50. The van der Waals surface area contributed by atoms with Crippen molar-refractivity contribution in [2.75, 3.05) is 0 Å². The quantitative estimate of drug-likeness (QED) is 0.420. The lowest BCUT2D eigenvalue weighted by Gasteiger charge is -2.25. The summed E-state index contributed by atoms with van der Waals surface area (Å²) < 4.78 is 0. The van der Waals surface area contributed by atoms with Gasteiger partial charge in [-0.1, -0.05) is 11.6 Å². The maximum atomic E-state index is 8.73. The zero-order chi connectivity index (χ0) is 7.68. The van der Waals surface area contributed by atoms with Crippen molar-refractivity contribution in [1.29, 1.82) is 0 Å². The summed E-state index contributed by atoms with van der Waals surface area (Å²) in [7, 11) is 0. The molecule has 2 heteroatoms. The minimum Gasteiger partial charge on any atom is -0.411 e. The van der Waals surface area contributed by atoms with Crippen LogP contribution in [-0.4, -0.2) is 10.9 Å². The van der Waals surface area contributed by atoms with E-state index in [4.69, 9.17) is 5.21 Å². The molecule has 0 aromatic carbocycles. The predicted molar refractivity (Wildman–Crippen MR) is 43.9 cm³/mol. The molecule has 0 amide bonds. The molecule has 0 unspecified atom stereocenters. The lowest BCUT2D eigenvalue weighted by molar-refractivity contribution is 0.300. The van der Waals surface area contributed by atoms with E-state index in [1.807, 2.05) is 0 Å². The summed E-state index contributed by atoms with van der Waals surface area (Å²) in [6.07, 6.45) is 7.62. The Morgan fingerprint density at radius 3 is 2.82 bits per heavy atom. The van der Waals surface area contributed by atoms with E-state index in [9.17, 15) is 0 Å². The molecule has 2 aliphatic carbocycles. The fourth-order valence-corrected chi connectivity index (χ4v) is 2.68. The molecule has 0 saturated heterocycles. The fourth-order valence-electron chi connectivity index (χ4n) is 2.68. The van der Waals surface area contributed by atoms with Crippen molar-refractivity contribution >= 4 is 5.71 Å². The summed E-state index contributed by atoms with van der Waals surface area (Å²) in [6.45, 7) is 0. The highest BCUT2D eigenvalue weighted by Gasteiger charge is 2.33. The van der Waals surface area contributed by atoms with Crippen molar-refractivity contribution in [2.45, 2.75) is 38.5 Å². The van der Waals surface area contributed by atoms with Gasteiger partial charge in [0, 0.05) is 5.92 Å². The Kier molecular flexibility index (Phi) is 1.84. The van der Waals surface area contributed by atoms with Crippen molar-refractivity contribution in [1.82, 2.24) is 0 Å². The summed E-state index contributed by atoms with van der Waals surface area (Å²) in [6, 6.07) is 0. The second kappa shape index (κ2) is 2.84. The molecule has 11 heavy (non-hydrogen) atoms. The molecule has 2 aliphatic rings. The van der Waals surface area contributed by atoms with Crippen molar-refractivity contribution in [3.05, 3.63) is 0 Å². The standard InChI is InChI=1S/C9H15NO/c11-10-9-6-2-4-7-3-1-5-8(7)9/h7-8,11H,1-6H2/t7-,8-/m0/s1. The zero-order valence-electron chi connectivity index (χ0n) is 6.79. The molecular weight excluding hydrogens is 138 g/mol. The molecule has 0 bridgehead atoms. The van der Waals surface area contributed by atoms with E-state index in [1.165, 1.54) is 32.1 Å². The lowest BCUT2D eigenvalue weighted by Crippen LogP contribution is -2.23. The highest BCUT2D eigenvalue weighted by atomic mass is 16.4. The van der Waals surface area contributed by atoms with Gasteiger partial charge in [0.25, 0.3) is 0 Å². The van der Waals surface area contributed by atoms with Crippen molar-refractivity contribution in [2.24, 2.45) is 17.0 Å². The van der Waals surface area contributed by atoms with Gasteiger partial charge in [-0.25, -0.2) is 0 Å². The van der Waals surface area contributed by atoms with E-state index >= 15 is 0 Å². The average molecular weight is 153 g/mol. The number of rotatable bonds is 0. The number of fused-ring (bicyclic) bond motifs is 1. The Hall–Kier alpha value is -0.530. The topological polar surface area (TPSA) is 32.6 Å². The third-order valence-corrected chi connectivity index (χ3v) is 3.22. The summed E-state index contributed by atoms with van der Waals surface area (Å²) in [5, 5.41) is 12.1. The van der Waals surface area contributed by atoms with Gasteiger partial charge in [-0.3, -0.25) is 0 Å². The Morgan fingerprint density at radius 2 is 2.00 bits per heavy atom. The summed E-state index contributed by atoms with van der Waals surface area (Å²) >= 11 is 0. The molecule has 0 spiro atoms. The van der Waals surface area contributed by atoms with Crippen LogP contribution in [0.3, 0.4) is 0 Å². The van der Waals surface area contributed by atoms with Gasteiger partial charge in [-0.15, -0.1) is 0 Å². The number of nitrogens with zero attached hydrogens (tertiary/aromatic N) is 1. The van der Waals surface area contributed by atoms with Gasteiger partial charge in [0.1, 0.15) is 0 Å². The highest BCUT2D eigenvalue weighted by molar-refractivity contribution is 5.87. The van der Waals surface area contributed by atoms with Crippen molar-refractivity contribution in [3.8, 4) is 0 Å². The van der Waals surface area contributed by atoms with Crippen LogP contribution >= 0.6 is 0 Å². The molecule has 0 aromatic heterocycles. The third kappa shape index (κ3) is 1.15. The maximum absolute atomic E-state index is 8.73. The summed E-state index contributed by atoms with van der Waals surface area (Å²) in [5.41, 5.74) is 1.08. The average Bonchev–Trinajstić information content (AvgIpc) is 2.50. The van der Waals surface area contributed by atoms with Gasteiger partial charge in [-0.05, 0) is 38.0 Å². The van der Waals surface area contributed by atoms with Crippen LogP contribution in [0, 0.1) is 11.8 Å². The first-order chi connectivity index (χ1) is 5.42. The largest absolute Gasteiger partial charge is 0.411 e. The summed E-state index contributed by atoms with van der Waals surface area (Å²) in [4.78, 5) is 0. The van der Waals surface area contributed by atoms with Crippen LogP contribution in [0.5, 0.6) is 0 Å². The van der Waals surface area contributed by atoms with Crippen LogP contribution in [0.25, 0.3) is 0 Å². The molecule has 62 valence electrons. The van der Waals surface area contributed by atoms with E-state index in [0.717, 1.165) is 18.1 Å². The number of oxime groups is 1. The zero-order valence-corrected chi connectivity index (χ0v) is 6.79. The second-order valence-corrected chi connectivity index (χ2v) is 3.78. The molecule has 0 radical (unpaired) electrons. The molecule has 2 saturated carbocycles. The van der Waals surface area contributed by atoms with E-state index in [2.05, 4.69) is 5.16 Å². The Morgan fingerprint density at radius 1 is 1.18 bits per heavy atom. The molecule has 0 heterocycles. The number of hydrogen-bond donors (Lipinski definition) is 1. The smallest absolute Gasteiger partial charge is 0.0604 e. The minimum atomic E-state index is 0.647. The second-order valence-electron chi connectivity index (χ2n) is 3.78. The first-order valence-corrected chi connectivity index (χ1v) is 4.62. The molecule has 1 N–H and O–H groups in total. The molecule has 2 atom stereocenters. The third-order valence-electron chi connectivity index (χ3n) is 3.22. The minimum absolute atomic E-state index is 0.647. The van der Waals surface area contributed by atoms with Gasteiger partial charge >= 0.3 is 0 Å². The fraction of sp³-hybridized carbons (Fsp3) is 0.889. The van der Waals surface area contributed by atoms with Gasteiger partial charge in [-0.2, -0.15) is 0 Å². The maximum Gasteiger partial charge on any atom is 0.0604 e. The first-order valence-electron chi connectivity index (χ1n) is 4.62. The highest BCUT2D eigenvalue weighted by Crippen LogP contribution is 2.40. The lowest BCUT2D eigenvalue weighted by atomic mass is 9.80. The van der Waals surface area contributed by atoms with E-state index in [-0.39, 0.29) is 0 Å². The van der Waals surface area contributed by atoms with Crippen LogP contribution in [0.1, 0.15) is 38.5 Å². The molecule has 0 aliphatic heterocycles. The monoisotopic (exact) mass is 153 g/mol. The van der Waals surface area contributed by atoms with Gasteiger partial charge in [0.15, 0.2) is 0 Å². The van der Waals surface area contributed by atoms with Crippen LogP contribution in [-0.2, 0) is 0 Å². The van der Waals surface area contributed by atoms with Crippen LogP contribution in [0.15, 0.2) is 5.16 Å². The predicted octanol–water partition coefficient (Wildman–Crippen LogP) is 2.42. The van der Waals surface area contributed by atoms with Gasteiger partial charge in [0.05, 0.1) is 5.71 Å². The Balaban J connectivity index is 2.12. The van der Waals surface area contributed by atoms with Crippen LogP contribution in [0.4, 0.5) is 0 Å². The van der Waals surface area contributed by atoms with Gasteiger partial charge in [0.2, 0.25) is 0 Å². The van der Waals surface area contributed by atoms with Crippen LogP contribution < -0.4 is 0 Å². The number of hydrogen-bond acceptors (Lipinski definition) is 2. The SMILES string of the molecule is ON=C1CCC[C@@H]2CCC[C@H]12. The first kappa shape index (κ1) is 7.14. The van der Waals surface area contributed by atoms with E-state index in [0.29, 0.717) is 5.92 Å². The Bertz CT molecular complexity index is 176. The molecule has 0 aromatic rings. The molecular formula is C9H15NO. The molecule has 2 nitrogen and oxygen atoms in total. The van der Waals surface area contributed by atoms with E-state index in [1.54, 1.807) is 0 Å². The van der Waals surface area contributed by atoms with Gasteiger partial charge < -0.3 is 5.21 Å². The Labute approximate surface area is 67.3 Å². The normalized spacial score (nSPS) is 40.9. The van der Waals surface area contributed by atoms with Crippen LogP contribution in [0.2, 0.25) is 0 Å².